The van der Waals surface area contributed by atoms with Crippen LogP contribution >= 0.6 is 23.5 Å². The summed E-state index contributed by atoms with van der Waals surface area (Å²) in [6.45, 7) is 1.47. The molecule has 4 nitrogen and oxygen atoms in total. The molecule has 1 fully saturated rings. The highest BCUT2D eigenvalue weighted by molar-refractivity contribution is 8.16. The number of benzene rings is 2. The van der Waals surface area contributed by atoms with E-state index in [1.807, 2.05) is 59.9 Å². The molecule has 0 aromatic heterocycles. The Balaban J connectivity index is 1.58. The fraction of sp³-hybridized carbons (Fsp3) is 0.238. The minimum atomic E-state index is -0.165. The summed E-state index contributed by atoms with van der Waals surface area (Å²) in [5.74, 6) is 2.11. The minimum absolute atomic E-state index is 0.107. The Bertz CT molecular complexity index is 828. The fourth-order valence-electron chi connectivity index (χ4n) is 2.68. The molecule has 0 unspecified atom stereocenters. The number of hydrogen-bond acceptors (Lipinski definition) is 4. The molecule has 6 heteroatoms. The summed E-state index contributed by atoms with van der Waals surface area (Å²) >= 11 is 3.93. The van der Waals surface area contributed by atoms with E-state index in [2.05, 4.69) is 22.8 Å². The van der Waals surface area contributed by atoms with Crippen molar-refractivity contribution in [1.82, 2.24) is 0 Å². The molecule has 27 heavy (non-hydrogen) atoms. The van der Waals surface area contributed by atoms with Gasteiger partial charge in [-0.05, 0) is 59.4 Å². The molecule has 2 amide bonds. The molecule has 2 aromatic carbocycles. The number of amides is 2. The maximum absolute atomic E-state index is 12.2. The van der Waals surface area contributed by atoms with Gasteiger partial charge in [-0.2, -0.15) is 0 Å². The summed E-state index contributed by atoms with van der Waals surface area (Å²) in [5, 5.41) is 5.64. The highest BCUT2D eigenvalue weighted by atomic mass is 32.2. The molecular formula is C21H22N2O2S2. The Morgan fingerprint density at radius 3 is 2.44 bits per heavy atom. The first kappa shape index (κ1) is 19.6. The molecule has 0 aliphatic carbocycles. The van der Waals surface area contributed by atoms with Crippen LogP contribution in [0.15, 0.2) is 54.6 Å². The number of nitrogens with one attached hydrogen (secondary N) is 2. The van der Waals surface area contributed by atoms with Crippen LogP contribution in [-0.2, 0) is 9.59 Å². The quantitative estimate of drug-likeness (QED) is 0.683. The lowest BCUT2D eigenvalue weighted by Crippen LogP contribution is -2.08. The van der Waals surface area contributed by atoms with E-state index < -0.39 is 0 Å². The monoisotopic (exact) mass is 398 g/mol. The molecule has 2 N–H and O–H groups in total. The summed E-state index contributed by atoms with van der Waals surface area (Å²) in [4.78, 5) is 23.3. The van der Waals surface area contributed by atoms with Crippen molar-refractivity contribution in [2.75, 3.05) is 22.1 Å². The van der Waals surface area contributed by atoms with Gasteiger partial charge in [-0.15, -0.1) is 23.5 Å². The molecule has 1 aliphatic rings. The zero-order chi connectivity index (χ0) is 19.1. The lowest BCUT2D eigenvalue weighted by atomic mass is 10.2. The average molecular weight is 399 g/mol. The van der Waals surface area contributed by atoms with Crippen LogP contribution in [0.4, 0.5) is 11.4 Å². The van der Waals surface area contributed by atoms with Gasteiger partial charge >= 0.3 is 0 Å². The fourth-order valence-corrected chi connectivity index (χ4v) is 5.55. The first-order valence-corrected chi connectivity index (χ1v) is 10.9. The lowest BCUT2D eigenvalue weighted by Gasteiger charge is -2.21. The maximum Gasteiger partial charge on any atom is 0.248 e. The molecule has 1 saturated heterocycles. The van der Waals surface area contributed by atoms with Crippen LogP contribution in [0.5, 0.6) is 0 Å². The number of rotatable bonds is 5. The smallest absolute Gasteiger partial charge is 0.248 e. The second-order valence-electron chi connectivity index (χ2n) is 6.18. The zero-order valence-corrected chi connectivity index (χ0v) is 16.7. The van der Waals surface area contributed by atoms with E-state index in [9.17, 15) is 9.59 Å². The number of carbonyl (C=O) groups is 2. The van der Waals surface area contributed by atoms with Crippen LogP contribution in [0.1, 0.15) is 29.1 Å². The van der Waals surface area contributed by atoms with Crippen molar-refractivity contribution in [2.45, 2.75) is 17.9 Å². The van der Waals surface area contributed by atoms with Crippen molar-refractivity contribution >= 4 is 52.8 Å². The maximum atomic E-state index is 12.2. The van der Waals surface area contributed by atoms with E-state index in [0.29, 0.717) is 4.58 Å². The summed E-state index contributed by atoms with van der Waals surface area (Å²) < 4.78 is 0.452. The van der Waals surface area contributed by atoms with Crippen LogP contribution in [0, 0.1) is 0 Å². The van der Waals surface area contributed by atoms with Crippen molar-refractivity contribution in [3.05, 3.63) is 65.7 Å². The second kappa shape index (κ2) is 9.67. The molecule has 0 bridgehead atoms. The Hall–Kier alpha value is -2.18. The lowest BCUT2D eigenvalue weighted by molar-refractivity contribution is -0.114. The Morgan fingerprint density at radius 1 is 1.00 bits per heavy atom. The zero-order valence-electron chi connectivity index (χ0n) is 15.1. The average Bonchev–Trinajstić information content (AvgIpc) is 2.68. The highest BCUT2D eigenvalue weighted by Gasteiger charge is 2.16. The molecule has 0 saturated carbocycles. The predicted octanol–water partition coefficient (Wildman–Crippen LogP) is 5.17. The summed E-state index contributed by atoms with van der Waals surface area (Å²) in [5.41, 5.74) is 3.69. The van der Waals surface area contributed by atoms with Gasteiger partial charge in [0.1, 0.15) is 0 Å². The molecule has 1 aliphatic heterocycles. The summed E-state index contributed by atoms with van der Waals surface area (Å²) in [7, 11) is 0. The van der Waals surface area contributed by atoms with Gasteiger partial charge in [-0.25, -0.2) is 0 Å². The number of carbonyl (C=O) groups excluding carboxylic acids is 2. The normalized spacial score (nSPS) is 14.9. The van der Waals surface area contributed by atoms with Crippen LogP contribution < -0.4 is 10.6 Å². The van der Waals surface area contributed by atoms with Crippen LogP contribution in [0.25, 0.3) is 6.08 Å². The van der Waals surface area contributed by atoms with Crippen molar-refractivity contribution in [1.29, 1.82) is 0 Å². The Morgan fingerprint density at radius 2 is 1.74 bits per heavy atom. The number of anilines is 2. The van der Waals surface area contributed by atoms with Crippen LogP contribution in [-0.4, -0.2) is 23.3 Å². The molecule has 1 heterocycles. The molecule has 0 atom stereocenters. The third-order valence-electron chi connectivity index (χ3n) is 3.91. The van der Waals surface area contributed by atoms with Gasteiger partial charge in [0.25, 0.3) is 0 Å². The molecule has 0 radical (unpaired) electrons. The van der Waals surface area contributed by atoms with Gasteiger partial charge in [-0.1, -0.05) is 24.3 Å². The first-order chi connectivity index (χ1) is 13.1. The van der Waals surface area contributed by atoms with Gasteiger partial charge in [0, 0.05) is 24.4 Å². The van der Waals surface area contributed by atoms with Crippen molar-refractivity contribution in [3.8, 4) is 0 Å². The van der Waals surface area contributed by atoms with Crippen molar-refractivity contribution in [2.24, 2.45) is 0 Å². The van der Waals surface area contributed by atoms with Crippen molar-refractivity contribution in [3.63, 3.8) is 0 Å². The predicted molar refractivity (Wildman–Crippen MR) is 117 cm³/mol. The van der Waals surface area contributed by atoms with Gasteiger partial charge in [-0.3, -0.25) is 9.59 Å². The van der Waals surface area contributed by atoms with E-state index in [1.54, 1.807) is 6.08 Å². The molecule has 3 rings (SSSR count). The standard InChI is InChI=1S/C21H22N2O2S2/c1-15(24)22-18-9-6-16(7-10-18)8-11-20(25)23-19-5-2-4-17(14-19)21-26-12-3-13-27-21/h2,4-11,14,21H,3,12-13H2,1H3,(H,22,24)(H,23,25)/b11-8+. The second-order valence-corrected chi connectivity index (χ2v) is 8.90. The molecule has 140 valence electrons. The third-order valence-corrected chi connectivity index (χ3v) is 6.93. The van der Waals surface area contributed by atoms with E-state index in [0.717, 1.165) is 16.9 Å². The first-order valence-electron chi connectivity index (χ1n) is 8.80. The topological polar surface area (TPSA) is 58.2 Å². The van der Waals surface area contributed by atoms with Gasteiger partial charge in [0.2, 0.25) is 11.8 Å². The van der Waals surface area contributed by atoms with Crippen LogP contribution in [0.2, 0.25) is 0 Å². The van der Waals surface area contributed by atoms with Gasteiger partial charge in [0.05, 0.1) is 4.58 Å². The SMILES string of the molecule is CC(=O)Nc1ccc(/C=C/C(=O)Nc2cccc(C3SCCCS3)c2)cc1. The largest absolute Gasteiger partial charge is 0.326 e. The number of hydrogen-bond donors (Lipinski definition) is 2. The van der Waals surface area contributed by atoms with Gasteiger partial charge < -0.3 is 10.6 Å². The molecule has 2 aromatic rings. The molecular weight excluding hydrogens is 376 g/mol. The number of thioether (sulfide) groups is 2. The van der Waals surface area contributed by atoms with Crippen LogP contribution in [0.3, 0.4) is 0 Å². The van der Waals surface area contributed by atoms with Gasteiger partial charge in [0.15, 0.2) is 0 Å². The highest BCUT2D eigenvalue weighted by Crippen LogP contribution is 2.44. The minimum Gasteiger partial charge on any atom is -0.326 e. The van der Waals surface area contributed by atoms with E-state index in [-0.39, 0.29) is 11.8 Å². The third kappa shape index (κ3) is 6.19. The van der Waals surface area contributed by atoms with E-state index >= 15 is 0 Å². The summed E-state index contributed by atoms with van der Waals surface area (Å²) in [6, 6.07) is 15.4. The molecule has 0 spiro atoms. The Labute approximate surface area is 168 Å². The van der Waals surface area contributed by atoms with E-state index in [4.69, 9.17) is 0 Å². The Kier molecular flexibility index (Phi) is 7.01. The van der Waals surface area contributed by atoms with Crippen molar-refractivity contribution < 1.29 is 9.59 Å². The van der Waals surface area contributed by atoms with E-state index in [1.165, 1.54) is 36.5 Å². The summed E-state index contributed by atoms with van der Waals surface area (Å²) in [6.07, 6.45) is 4.53.